The average Bonchev–Trinajstić information content (AvgIpc) is 2.49. The van der Waals surface area contributed by atoms with Crippen molar-refractivity contribution in [2.75, 3.05) is 18.4 Å². The zero-order valence-corrected chi connectivity index (χ0v) is 13.5. The van der Waals surface area contributed by atoms with E-state index in [0.717, 1.165) is 30.2 Å². The molecule has 2 N–H and O–H groups in total. The molecule has 0 amide bonds. The molecule has 2 rings (SSSR count). The highest BCUT2D eigenvalue weighted by Gasteiger charge is 2.04. The standard InChI is InChI=1S/C18H23ClN2/c1-14(2)16-8-4-6-10-18(16)21-12-11-20-13-15-7-3-5-9-17(15)19/h3-10,14,20-21H,11-13H2,1-2H3. The highest BCUT2D eigenvalue weighted by atomic mass is 35.5. The van der Waals surface area contributed by atoms with E-state index in [4.69, 9.17) is 11.6 Å². The molecule has 3 heteroatoms. The van der Waals surface area contributed by atoms with Crippen molar-refractivity contribution in [2.24, 2.45) is 0 Å². The maximum atomic E-state index is 6.13. The Balaban J connectivity index is 1.77. The summed E-state index contributed by atoms with van der Waals surface area (Å²) >= 11 is 6.13. The number of halogens is 1. The summed E-state index contributed by atoms with van der Waals surface area (Å²) in [5.41, 5.74) is 3.73. The van der Waals surface area contributed by atoms with Crippen molar-refractivity contribution >= 4 is 17.3 Å². The molecule has 112 valence electrons. The lowest BCUT2D eigenvalue weighted by Crippen LogP contribution is -2.22. The van der Waals surface area contributed by atoms with Gasteiger partial charge in [-0.1, -0.05) is 61.8 Å². The SMILES string of the molecule is CC(C)c1ccccc1NCCNCc1ccccc1Cl. The van der Waals surface area contributed by atoms with Crippen molar-refractivity contribution in [1.29, 1.82) is 0 Å². The normalized spacial score (nSPS) is 10.9. The molecule has 0 heterocycles. The van der Waals surface area contributed by atoms with Gasteiger partial charge in [-0.25, -0.2) is 0 Å². The first-order valence-corrected chi connectivity index (χ1v) is 7.83. The summed E-state index contributed by atoms with van der Waals surface area (Å²) in [6.45, 7) is 7.03. The summed E-state index contributed by atoms with van der Waals surface area (Å²) in [5, 5.41) is 7.74. The van der Waals surface area contributed by atoms with Crippen molar-refractivity contribution in [3.8, 4) is 0 Å². The lowest BCUT2D eigenvalue weighted by atomic mass is 10.0. The first kappa shape index (κ1) is 15.9. The largest absolute Gasteiger partial charge is 0.384 e. The Labute approximate surface area is 132 Å². The van der Waals surface area contributed by atoms with Gasteiger partial charge in [-0.15, -0.1) is 0 Å². The highest BCUT2D eigenvalue weighted by molar-refractivity contribution is 6.31. The second kappa shape index (κ2) is 8.06. The summed E-state index contributed by atoms with van der Waals surface area (Å²) < 4.78 is 0. The third kappa shape index (κ3) is 4.76. The van der Waals surface area contributed by atoms with Crippen LogP contribution in [0.1, 0.15) is 30.9 Å². The van der Waals surface area contributed by atoms with Gasteiger partial charge in [0.1, 0.15) is 0 Å². The zero-order valence-electron chi connectivity index (χ0n) is 12.7. The van der Waals surface area contributed by atoms with E-state index in [1.54, 1.807) is 0 Å². The lowest BCUT2D eigenvalue weighted by molar-refractivity contribution is 0.706. The Bertz CT molecular complexity index is 567. The van der Waals surface area contributed by atoms with Gasteiger partial charge in [0.15, 0.2) is 0 Å². The molecule has 2 nitrogen and oxygen atoms in total. The Kier molecular flexibility index (Phi) is 6.09. The average molecular weight is 303 g/mol. The van der Waals surface area contributed by atoms with Crippen LogP contribution in [0.2, 0.25) is 5.02 Å². The predicted octanol–water partition coefficient (Wildman–Crippen LogP) is 4.67. The molecule has 0 saturated heterocycles. The number of hydrogen-bond acceptors (Lipinski definition) is 2. The van der Waals surface area contributed by atoms with E-state index in [1.165, 1.54) is 11.3 Å². The van der Waals surface area contributed by atoms with Gasteiger partial charge in [-0.3, -0.25) is 0 Å². The lowest BCUT2D eigenvalue weighted by Gasteiger charge is -2.15. The van der Waals surface area contributed by atoms with Gasteiger partial charge < -0.3 is 10.6 Å². The number of rotatable bonds is 7. The number of nitrogens with one attached hydrogen (secondary N) is 2. The van der Waals surface area contributed by atoms with Crippen LogP contribution in [0.5, 0.6) is 0 Å². The van der Waals surface area contributed by atoms with E-state index in [-0.39, 0.29) is 0 Å². The fraction of sp³-hybridized carbons (Fsp3) is 0.333. The Morgan fingerprint density at radius 1 is 0.952 bits per heavy atom. The quantitative estimate of drug-likeness (QED) is 0.727. The molecular formula is C18H23ClN2. The summed E-state index contributed by atoms with van der Waals surface area (Å²) in [5.74, 6) is 0.532. The van der Waals surface area contributed by atoms with Crippen LogP contribution in [0.25, 0.3) is 0 Å². The third-order valence-electron chi connectivity index (χ3n) is 3.47. The minimum atomic E-state index is 0.532. The number of hydrogen-bond donors (Lipinski definition) is 2. The zero-order chi connectivity index (χ0) is 15.1. The maximum Gasteiger partial charge on any atom is 0.0450 e. The summed E-state index contributed by atoms with van der Waals surface area (Å²) in [7, 11) is 0. The minimum Gasteiger partial charge on any atom is -0.384 e. The van der Waals surface area contributed by atoms with Crippen molar-refractivity contribution in [3.63, 3.8) is 0 Å². The van der Waals surface area contributed by atoms with Gasteiger partial charge >= 0.3 is 0 Å². The molecule has 2 aromatic rings. The van der Waals surface area contributed by atoms with Crippen LogP contribution in [-0.2, 0) is 6.54 Å². The first-order valence-electron chi connectivity index (χ1n) is 7.45. The van der Waals surface area contributed by atoms with Gasteiger partial charge in [-0.05, 0) is 29.2 Å². The van der Waals surface area contributed by atoms with E-state index in [1.807, 2.05) is 18.2 Å². The molecule has 0 aliphatic carbocycles. The van der Waals surface area contributed by atoms with Gasteiger partial charge in [0.25, 0.3) is 0 Å². The molecule has 21 heavy (non-hydrogen) atoms. The summed E-state index contributed by atoms with van der Waals surface area (Å²) in [6, 6.07) is 16.4. The van der Waals surface area contributed by atoms with E-state index >= 15 is 0 Å². The van der Waals surface area contributed by atoms with Gasteiger partial charge in [0, 0.05) is 30.3 Å². The molecule has 0 spiro atoms. The molecule has 0 unspecified atom stereocenters. The van der Waals surface area contributed by atoms with Gasteiger partial charge in [0.05, 0.1) is 0 Å². The molecule has 2 aromatic carbocycles. The second-order valence-electron chi connectivity index (χ2n) is 5.44. The van der Waals surface area contributed by atoms with Gasteiger partial charge in [0.2, 0.25) is 0 Å². The molecule has 0 aliphatic rings. The minimum absolute atomic E-state index is 0.532. The fourth-order valence-electron chi connectivity index (χ4n) is 2.31. The Morgan fingerprint density at radius 2 is 1.67 bits per heavy atom. The number of anilines is 1. The summed E-state index contributed by atoms with van der Waals surface area (Å²) in [4.78, 5) is 0. The van der Waals surface area contributed by atoms with Gasteiger partial charge in [-0.2, -0.15) is 0 Å². The van der Waals surface area contributed by atoms with Crippen molar-refractivity contribution < 1.29 is 0 Å². The molecule has 0 aliphatic heterocycles. The first-order chi connectivity index (χ1) is 10.2. The second-order valence-corrected chi connectivity index (χ2v) is 5.84. The predicted molar refractivity (Wildman–Crippen MR) is 92.2 cm³/mol. The molecule has 0 saturated carbocycles. The third-order valence-corrected chi connectivity index (χ3v) is 3.84. The Hall–Kier alpha value is -1.51. The van der Waals surface area contributed by atoms with Crippen LogP contribution in [0.4, 0.5) is 5.69 Å². The Morgan fingerprint density at radius 3 is 2.43 bits per heavy atom. The number of benzene rings is 2. The van der Waals surface area contributed by atoms with Crippen LogP contribution < -0.4 is 10.6 Å². The van der Waals surface area contributed by atoms with E-state index < -0.39 is 0 Å². The van der Waals surface area contributed by atoms with Crippen molar-refractivity contribution in [1.82, 2.24) is 5.32 Å². The van der Waals surface area contributed by atoms with E-state index in [0.29, 0.717) is 5.92 Å². The fourth-order valence-corrected chi connectivity index (χ4v) is 2.51. The smallest absolute Gasteiger partial charge is 0.0450 e. The van der Waals surface area contributed by atoms with Crippen LogP contribution in [0.15, 0.2) is 48.5 Å². The molecule has 0 bridgehead atoms. The molecular weight excluding hydrogens is 280 g/mol. The maximum absolute atomic E-state index is 6.13. The van der Waals surface area contributed by atoms with Crippen molar-refractivity contribution in [2.45, 2.75) is 26.3 Å². The van der Waals surface area contributed by atoms with E-state index in [2.05, 4.69) is 54.8 Å². The van der Waals surface area contributed by atoms with E-state index in [9.17, 15) is 0 Å². The van der Waals surface area contributed by atoms with Crippen LogP contribution >= 0.6 is 11.6 Å². The number of para-hydroxylation sites is 1. The van der Waals surface area contributed by atoms with Crippen LogP contribution in [-0.4, -0.2) is 13.1 Å². The highest BCUT2D eigenvalue weighted by Crippen LogP contribution is 2.23. The van der Waals surface area contributed by atoms with Crippen LogP contribution in [0, 0.1) is 0 Å². The molecule has 0 radical (unpaired) electrons. The summed E-state index contributed by atoms with van der Waals surface area (Å²) in [6.07, 6.45) is 0. The molecule has 0 atom stereocenters. The molecule has 0 aromatic heterocycles. The topological polar surface area (TPSA) is 24.1 Å². The monoisotopic (exact) mass is 302 g/mol. The molecule has 0 fully saturated rings. The van der Waals surface area contributed by atoms with Crippen molar-refractivity contribution in [3.05, 3.63) is 64.7 Å². The van der Waals surface area contributed by atoms with Crippen LogP contribution in [0.3, 0.4) is 0 Å².